The Balaban J connectivity index is 1.56. The molecule has 6 heteroatoms. The summed E-state index contributed by atoms with van der Waals surface area (Å²) in [4.78, 5) is 12.6. The normalized spacial score (nSPS) is 12.1. The van der Waals surface area contributed by atoms with Gasteiger partial charge in [0.15, 0.2) is 11.0 Å². The molecule has 0 aliphatic rings. The summed E-state index contributed by atoms with van der Waals surface area (Å²) in [5.74, 6) is 1.30. The third-order valence-electron chi connectivity index (χ3n) is 5.37. The van der Waals surface area contributed by atoms with Crippen molar-refractivity contribution in [2.24, 2.45) is 0 Å². The molecule has 0 fully saturated rings. The molecule has 1 unspecified atom stereocenters. The van der Waals surface area contributed by atoms with Gasteiger partial charge in [-0.1, -0.05) is 89.6 Å². The van der Waals surface area contributed by atoms with Crippen molar-refractivity contribution in [2.45, 2.75) is 37.7 Å². The first-order valence-corrected chi connectivity index (χ1v) is 12.2. The minimum Gasteiger partial charge on any atom is -0.343 e. The van der Waals surface area contributed by atoms with E-state index in [1.807, 2.05) is 41.8 Å². The second kappa shape index (κ2) is 11.0. The number of aryl methyl sites for hydroxylation is 2. The van der Waals surface area contributed by atoms with Gasteiger partial charge >= 0.3 is 0 Å². The van der Waals surface area contributed by atoms with Crippen LogP contribution in [0.3, 0.4) is 0 Å². The first-order valence-electron chi connectivity index (χ1n) is 11.2. The number of carbonyl (C=O) groups is 1. The van der Waals surface area contributed by atoms with Gasteiger partial charge in [-0.05, 0) is 50.1 Å². The molecule has 5 nitrogen and oxygen atoms in total. The topological polar surface area (TPSA) is 59.8 Å². The van der Waals surface area contributed by atoms with Gasteiger partial charge < -0.3 is 5.32 Å². The van der Waals surface area contributed by atoms with E-state index in [9.17, 15) is 4.79 Å². The minimum atomic E-state index is -0.324. The van der Waals surface area contributed by atoms with Gasteiger partial charge in [-0.15, -0.1) is 10.2 Å². The molecule has 0 aliphatic heterocycles. The number of carbonyl (C=O) groups excluding carboxylic acids is 1. The van der Waals surface area contributed by atoms with Crippen molar-refractivity contribution < 1.29 is 4.79 Å². The number of hydrogen-bond acceptors (Lipinski definition) is 4. The molecule has 0 bridgehead atoms. The lowest BCUT2D eigenvalue weighted by molar-refractivity contribution is -0.117. The van der Waals surface area contributed by atoms with E-state index < -0.39 is 0 Å². The van der Waals surface area contributed by atoms with Crippen molar-refractivity contribution in [1.82, 2.24) is 20.1 Å². The predicted octanol–water partition coefficient (Wildman–Crippen LogP) is 6.07. The van der Waals surface area contributed by atoms with Gasteiger partial charge in [0.05, 0.1) is 6.04 Å². The van der Waals surface area contributed by atoms with Crippen molar-refractivity contribution in [3.05, 3.63) is 113 Å². The molecule has 0 saturated heterocycles. The zero-order valence-corrected chi connectivity index (χ0v) is 20.4. The van der Waals surface area contributed by atoms with Crippen LogP contribution in [-0.2, 0) is 10.5 Å². The minimum absolute atomic E-state index is 0.177. The highest BCUT2D eigenvalue weighted by Crippen LogP contribution is 2.28. The van der Waals surface area contributed by atoms with Gasteiger partial charge in [-0.25, -0.2) is 0 Å². The summed E-state index contributed by atoms with van der Waals surface area (Å²) in [6, 6.07) is 26.2. The average Bonchev–Trinajstić information content (AvgIpc) is 3.27. The van der Waals surface area contributed by atoms with Crippen molar-refractivity contribution in [3.63, 3.8) is 0 Å². The Morgan fingerprint density at radius 3 is 2.47 bits per heavy atom. The lowest BCUT2D eigenvalue weighted by Crippen LogP contribution is -2.27. The van der Waals surface area contributed by atoms with Gasteiger partial charge in [0.25, 0.3) is 0 Å². The maximum absolute atomic E-state index is 12.6. The third-order valence-corrected chi connectivity index (χ3v) is 6.37. The Morgan fingerprint density at radius 2 is 1.74 bits per heavy atom. The summed E-state index contributed by atoms with van der Waals surface area (Å²) in [5, 5.41) is 12.8. The standard InChI is InChI=1S/C28H28N4OS/c1-20-12-15-25(16-13-20)32-27(22(3)29-26(33)17-14-23-9-5-4-6-10-23)30-31-28(32)34-19-24-11-7-8-21(2)18-24/h4-18,22H,19H2,1-3H3,(H,29,33). The van der Waals surface area contributed by atoms with Gasteiger partial charge in [0.1, 0.15) is 0 Å². The largest absolute Gasteiger partial charge is 0.343 e. The number of nitrogens with one attached hydrogen (secondary N) is 1. The van der Waals surface area contributed by atoms with E-state index in [0.29, 0.717) is 5.82 Å². The summed E-state index contributed by atoms with van der Waals surface area (Å²) in [6.07, 6.45) is 3.35. The fourth-order valence-electron chi connectivity index (χ4n) is 3.60. The lowest BCUT2D eigenvalue weighted by Gasteiger charge is -2.16. The highest BCUT2D eigenvalue weighted by molar-refractivity contribution is 7.98. The van der Waals surface area contributed by atoms with Crippen LogP contribution in [-0.4, -0.2) is 20.7 Å². The van der Waals surface area contributed by atoms with Crippen LogP contribution in [0.4, 0.5) is 0 Å². The fourth-order valence-corrected chi connectivity index (χ4v) is 4.51. The van der Waals surface area contributed by atoms with Crippen molar-refractivity contribution in [1.29, 1.82) is 0 Å². The zero-order chi connectivity index (χ0) is 23.9. The number of aromatic nitrogens is 3. The van der Waals surface area contributed by atoms with Crippen LogP contribution >= 0.6 is 11.8 Å². The third kappa shape index (κ3) is 6.02. The molecular formula is C28H28N4OS. The summed E-state index contributed by atoms with van der Waals surface area (Å²) in [6.45, 7) is 6.09. The number of thioether (sulfide) groups is 1. The van der Waals surface area contributed by atoms with Crippen LogP contribution in [0.25, 0.3) is 11.8 Å². The van der Waals surface area contributed by atoms with Crippen molar-refractivity contribution >= 4 is 23.7 Å². The van der Waals surface area contributed by atoms with Crippen molar-refractivity contribution in [2.75, 3.05) is 0 Å². The van der Waals surface area contributed by atoms with Crippen LogP contribution in [0.15, 0.2) is 90.1 Å². The van der Waals surface area contributed by atoms with E-state index in [-0.39, 0.29) is 11.9 Å². The number of hydrogen-bond donors (Lipinski definition) is 1. The summed E-state index contributed by atoms with van der Waals surface area (Å²) >= 11 is 1.64. The molecular weight excluding hydrogens is 440 g/mol. The fraction of sp³-hybridized carbons (Fsp3) is 0.179. The van der Waals surface area contributed by atoms with Crippen LogP contribution < -0.4 is 5.32 Å². The van der Waals surface area contributed by atoms with Gasteiger partial charge in [-0.2, -0.15) is 0 Å². The van der Waals surface area contributed by atoms with Crippen LogP contribution in [0.2, 0.25) is 0 Å². The maximum atomic E-state index is 12.6. The molecule has 4 rings (SSSR count). The molecule has 172 valence electrons. The van der Waals surface area contributed by atoms with E-state index >= 15 is 0 Å². The number of nitrogens with zero attached hydrogens (tertiary/aromatic N) is 3. The quantitative estimate of drug-likeness (QED) is 0.252. The van der Waals surface area contributed by atoms with E-state index in [1.165, 1.54) is 16.7 Å². The first kappa shape index (κ1) is 23.5. The predicted molar refractivity (Wildman–Crippen MR) is 139 cm³/mol. The van der Waals surface area contributed by atoms with E-state index in [1.54, 1.807) is 23.9 Å². The van der Waals surface area contributed by atoms with Crippen molar-refractivity contribution in [3.8, 4) is 5.69 Å². The summed E-state index contributed by atoms with van der Waals surface area (Å²) in [5.41, 5.74) is 5.59. The lowest BCUT2D eigenvalue weighted by atomic mass is 10.2. The molecule has 1 heterocycles. The maximum Gasteiger partial charge on any atom is 0.244 e. The Hall–Kier alpha value is -3.64. The highest BCUT2D eigenvalue weighted by atomic mass is 32.2. The van der Waals surface area contributed by atoms with Gasteiger partial charge in [0, 0.05) is 17.5 Å². The molecule has 0 spiro atoms. The Labute approximate surface area is 204 Å². The van der Waals surface area contributed by atoms with Gasteiger partial charge in [-0.3, -0.25) is 9.36 Å². The molecule has 0 aliphatic carbocycles. The van der Waals surface area contributed by atoms with Gasteiger partial charge in [0.2, 0.25) is 5.91 Å². The first-order chi connectivity index (χ1) is 16.5. The second-order valence-electron chi connectivity index (χ2n) is 8.26. The Morgan fingerprint density at radius 1 is 0.971 bits per heavy atom. The van der Waals surface area contributed by atoms with Crippen LogP contribution in [0.5, 0.6) is 0 Å². The smallest absolute Gasteiger partial charge is 0.244 e. The van der Waals surface area contributed by atoms with Crippen LogP contribution in [0.1, 0.15) is 41.0 Å². The Kier molecular flexibility index (Phi) is 7.60. The average molecular weight is 469 g/mol. The molecule has 1 N–H and O–H groups in total. The molecule has 1 atom stereocenters. The molecule has 34 heavy (non-hydrogen) atoms. The Bertz CT molecular complexity index is 1280. The van der Waals surface area contributed by atoms with Crippen LogP contribution in [0, 0.1) is 13.8 Å². The monoisotopic (exact) mass is 468 g/mol. The number of benzene rings is 3. The number of rotatable bonds is 8. The molecule has 1 amide bonds. The molecule has 1 aromatic heterocycles. The molecule has 0 saturated carbocycles. The highest BCUT2D eigenvalue weighted by Gasteiger charge is 2.20. The van der Waals surface area contributed by atoms with E-state index in [2.05, 4.69) is 77.9 Å². The SMILES string of the molecule is Cc1ccc(-n2c(SCc3cccc(C)c3)nnc2C(C)NC(=O)C=Cc2ccccc2)cc1. The molecule has 4 aromatic rings. The summed E-state index contributed by atoms with van der Waals surface area (Å²) in [7, 11) is 0. The molecule has 3 aromatic carbocycles. The number of amides is 1. The molecule has 0 radical (unpaired) electrons. The van der Waals surface area contributed by atoms with E-state index in [0.717, 1.165) is 22.2 Å². The zero-order valence-electron chi connectivity index (χ0n) is 19.6. The second-order valence-corrected chi connectivity index (χ2v) is 9.21. The van der Waals surface area contributed by atoms with E-state index in [4.69, 9.17) is 0 Å². The summed E-state index contributed by atoms with van der Waals surface area (Å²) < 4.78 is 2.03.